The number of hydrogen-bond acceptors (Lipinski definition) is 7. The van der Waals surface area contributed by atoms with Crippen molar-refractivity contribution >= 4 is 17.9 Å². The van der Waals surface area contributed by atoms with E-state index in [9.17, 15) is 4.79 Å². The van der Waals surface area contributed by atoms with Gasteiger partial charge in [-0.15, -0.1) is 0 Å². The molecule has 0 spiro atoms. The quantitative estimate of drug-likeness (QED) is 0.298. The van der Waals surface area contributed by atoms with Crippen molar-refractivity contribution in [3.05, 3.63) is 0 Å². The Balaban J connectivity index is 0. The molecule has 0 fully saturated rings. The smallest absolute Gasteiger partial charge is 0.407 e. The maximum Gasteiger partial charge on any atom is 0.407 e. The number of amides is 1. The van der Waals surface area contributed by atoms with Crippen LogP contribution in [-0.4, -0.2) is 57.2 Å². The molecule has 0 aliphatic rings. The van der Waals surface area contributed by atoms with E-state index in [0.29, 0.717) is 31.0 Å². The van der Waals surface area contributed by atoms with Crippen LogP contribution in [0.4, 0.5) is 4.79 Å². The molecule has 0 aliphatic heterocycles. The largest absolute Gasteiger partial charge is 0.444 e. The van der Waals surface area contributed by atoms with Crippen LogP contribution in [0.25, 0.3) is 0 Å². The van der Waals surface area contributed by atoms with Gasteiger partial charge in [0, 0.05) is 12.0 Å². The summed E-state index contributed by atoms with van der Waals surface area (Å²) in [6.45, 7) is 17.3. The lowest BCUT2D eigenvalue weighted by Crippen LogP contribution is -2.45. The summed E-state index contributed by atoms with van der Waals surface area (Å²) >= 11 is 1.85. The van der Waals surface area contributed by atoms with E-state index in [1.165, 1.54) is 7.11 Å². The van der Waals surface area contributed by atoms with E-state index in [2.05, 4.69) is 49.0 Å². The molecule has 7 nitrogen and oxygen atoms in total. The molecule has 0 saturated carbocycles. The molecule has 0 aromatic carbocycles. The second-order valence-corrected chi connectivity index (χ2v) is 9.84. The monoisotopic (exact) mass is 453 g/mol. The predicted octanol–water partition coefficient (Wildman–Crippen LogP) is 5.34. The van der Waals surface area contributed by atoms with Crippen LogP contribution in [0.2, 0.25) is 0 Å². The molecule has 3 unspecified atom stereocenters. The summed E-state index contributed by atoms with van der Waals surface area (Å²) < 4.78 is 5.28. The number of thioether (sulfide) groups is 1. The zero-order valence-corrected chi connectivity index (χ0v) is 21.9. The maximum atomic E-state index is 11.8. The normalized spacial score (nSPS) is 14.7. The second kappa shape index (κ2) is 18.1. The number of ether oxygens (including phenoxy) is 1. The van der Waals surface area contributed by atoms with Crippen molar-refractivity contribution in [2.45, 2.75) is 73.5 Å². The van der Waals surface area contributed by atoms with E-state index in [4.69, 9.17) is 14.5 Å². The lowest BCUT2D eigenvalue weighted by atomic mass is 9.88. The Morgan fingerprint density at radius 2 is 1.50 bits per heavy atom. The Morgan fingerprint density at radius 1 is 0.967 bits per heavy atom. The molecule has 0 bridgehead atoms. The summed E-state index contributed by atoms with van der Waals surface area (Å²) in [4.78, 5) is 31.0. The summed E-state index contributed by atoms with van der Waals surface area (Å²) in [5, 5.41) is 2.92. The van der Waals surface area contributed by atoms with Gasteiger partial charge in [-0.2, -0.15) is 11.8 Å². The summed E-state index contributed by atoms with van der Waals surface area (Å²) in [6.07, 6.45) is 2.54. The Morgan fingerprint density at radius 3 is 1.87 bits per heavy atom. The highest BCUT2D eigenvalue weighted by molar-refractivity contribution is 7.98. The van der Waals surface area contributed by atoms with Gasteiger partial charge in [0.1, 0.15) is 5.60 Å². The highest BCUT2D eigenvalue weighted by Crippen LogP contribution is 2.19. The van der Waals surface area contributed by atoms with Gasteiger partial charge in [0.2, 0.25) is 0 Å². The minimum Gasteiger partial charge on any atom is -0.444 e. The molecule has 0 aliphatic carbocycles. The summed E-state index contributed by atoms with van der Waals surface area (Å²) in [6, 6.07) is 0.00463. The molecule has 1 amide bonds. The first-order valence-electron chi connectivity index (χ1n) is 10.7. The van der Waals surface area contributed by atoms with Crippen molar-refractivity contribution in [3.63, 3.8) is 0 Å². The van der Waals surface area contributed by atoms with Gasteiger partial charge in [-0.25, -0.2) is 24.3 Å². The van der Waals surface area contributed by atoms with Crippen molar-refractivity contribution in [2.75, 3.05) is 39.4 Å². The number of nitrogens with one attached hydrogen (secondary N) is 1. The zero-order chi connectivity index (χ0) is 23.7. The fraction of sp³-hybridized carbons (Fsp3) is 0.955. The molecule has 1 N–H and O–H groups in total. The fourth-order valence-corrected chi connectivity index (χ4v) is 3.60. The van der Waals surface area contributed by atoms with E-state index >= 15 is 0 Å². The number of rotatable bonds is 13. The number of alkyl carbamates (subject to hydrolysis) is 1. The molecule has 0 heterocycles. The van der Waals surface area contributed by atoms with Crippen molar-refractivity contribution in [2.24, 2.45) is 23.7 Å². The standard InChI is InChI=1S/C14H29NO4.C8H18O2S/c1-8-12(11(10(2)3)9-18-17-7)15-13(16)19-14(4,5)6;1-7(2)8(6-11-4)5-10-9-3/h10-12H,8-9H2,1-7H3,(H,15,16);7-8H,5-6H2,1-4H3. The van der Waals surface area contributed by atoms with E-state index in [-0.39, 0.29) is 18.1 Å². The van der Waals surface area contributed by atoms with E-state index < -0.39 is 5.60 Å². The van der Waals surface area contributed by atoms with Crippen LogP contribution in [0, 0.1) is 23.7 Å². The minimum atomic E-state index is -0.487. The van der Waals surface area contributed by atoms with Crippen LogP contribution >= 0.6 is 11.8 Å². The van der Waals surface area contributed by atoms with Gasteiger partial charge < -0.3 is 10.1 Å². The van der Waals surface area contributed by atoms with Crippen LogP contribution in [0.15, 0.2) is 0 Å². The maximum absolute atomic E-state index is 11.8. The number of hydrogen-bond donors (Lipinski definition) is 1. The van der Waals surface area contributed by atoms with Gasteiger partial charge in [0.05, 0.1) is 27.4 Å². The molecular weight excluding hydrogens is 406 g/mol. The van der Waals surface area contributed by atoms with Gasteiger partial charge in [0.15, 0.2) is 0 Å². The van der Waals surface area contributed by atoms with E-state index in [1.54, 1.807) is 7.11 Å². The molecule has 0 aromatic rings. The van der Waals surface area contributed by atoms with Gasteiger partial charge in [0.25, 0.3) is 0 Å². The molecule has 3 atom stereocenters. The van der Waals surface area contributed by atoms with E-state index in [1.807, 2.05) is 39.5 Å². The average molecular weight is 454 g/mol. The number of carbonyl (C=O) groups is 1. The molecule has 0 aromatic heterocycles. The lowest BCUT2D eigenvalue weighted by Gasteiger charge is -2.30. The van der Waals surface area contributed by atoms with Crippen molar-refractivity contribution in [1.82, 2.24) is 5.32 Å². The van der Waals surface area contributed by atoms with Crippen LogP contribution in [0.5, 0.6) is 0 Å². The summed E-state index contributed by atoms with van der Waals surface area (Å²) in [5.41, 5.74) is -0.487. The molecule has 0 saturated heterocycles. The summed E-state index contributed by atoms with van der Waals surface area (Å²) in [7, 11) is 3.04. The fourth-order valence-electron chi connectivity index (χ4n) is 2.69. The Kier molecular flexibility index (Phi) is 19.1. The Hall–Kier alpha value is -0.540. The molecule has 8 heteroatoms. The van der Waals surface area contributed by atoms with E-state index in [0.717, 1.165) is 12.2 Å². The molecular formula is C22H47NO6S. The highest BCUT2D eigenvalue weighted by Gasteiger charge is 2.27. The predicted molar refractivity (Wildman–Crippen MR) is 124 cm³/mol. The van der Waals surface area contributed by atoms with Gasteiger partial charge in [-0.05, 0) is 57.0 Å². The third-order valence-electron chi connectivity index (χ3n) is 4.62. The molecule has 0 radical (unpaired) electrons. The molecule has 182 valence electrons. The third kappa shape index (κ3) is 17.2. The minimum absolute atomic E-state index is 0.00463. The lowest BCUT2D eigenvalue weighted by molar-refractivity contribution is -0.283. The highest BCUT2D eigenvalue weighted by atomic mass is 32.2. The first-order chi connectivity index (χ1) is 13.9. The first kappa shape index (κ1) is 31.6. The Bertz CT molecular complexity index is 415. The SMILES string of the molecule is CCC(NC(=O)OC(C)(C)C)C(COOC)C(C)C.COOCC(CSC)C(C)C. The van der Waals surface area contributed by atoms with Crippen LogP contribution < -0.4 is 5.32 Å². The summed E-state index contributed by atoms with van der Waals surface area (Å²) in [5.74, 6) is 2.95. The van der Waals surface area contributed by atoms with Crippen LogP contribution in [0.3, 0.4) is 0 Å². The van der Waals surface area contributed by atoms with Gasteiger partial charge >= 0.3 is 6.09 Å². The Labute approximate surface area is 189 Å². The zero-order valence-electron chi connectivity index (χ0n) is 21.1. The van der Waals surface area contributed by atoms with Crippen molar-refractivity contribution in [3.8, 4) is 0 Å². The molecule has 0 rings (SSSR count). The van der Waals surface area contributed by atoms with Crippen LogP contribution in [0.1, 0.15) is 61.8 Å². The van der Waals surface area contributed by atoms with Gasteiger partial charge in [-0.1, -0.05) is 34.6 Å². The van der Waals surface area contributed by atoms with Gasteiger partial charge in [-0.3, -0.25) is 0 Å². The first-order valence-corrected chi connectivity index (χ1v) is 12.1. The van der Waals surface area contributed by atoms with Crippen LogP contribution in [-0.2, 0) is 24.3 Å². The average Bonchev–Trinajstić information content (AvgIpc) is 2.63. The van der Waals surface area contributed by atoms with Crippen molar-refractivity contribution in [1.29, 1.82) is 0 Å². The molecule has 30 heavy (non-hydrogen) atoms. The second-order valence-electron chi connectivity index (χ2n) is 8.93. The topological polar surface area (TPSA) is 75.3 Å². The van der Waals surface area contributed by atoms with Crippen molar-refractivity contribution < 1.29 is 29.1 Å². The third-order valence-corrected chi connectivity index (χ3v) is 5.38. The number of carbonyl (C=O) groups excluding carboxylic acids is 1.